The number of benzene rings is 1. The lowest BCUT2D eigenvalue weighted by atomic mass is 9.70. The molecule has 1 aliphatic heterocycles. The average molecular weight is 358 g/mol. The Kier molecular flexibility index (Phi) is 4.09. The fraction of sp³-hybridized carbons (Fsp3) is 0.600. The van der Waals surface area contributed by atoms with E-state index in [1.165, 1.54) is 6.42 Å². The van der Waals surface area contributed by atoms with E-state index in [0.29, 0.717) is 36.4 Å². The van der Waals surface area contributed by atoms with Gasteiger partial charge in [-0.25, -0.2) is 5.43 Å². The largest absolute Gasteiger partial charge is 0.486 e. The Bertz CT molecular complexity index is 758. The minimum absolute atomic E-state index is 0.0834. The van der Waals surface area contributed by atoms with Gasteiger partial charge in [-0.2, -0.15) is 5.10 Å². The summed E-state index contributed by atoms with van der Waals surface area (Å²) in [7, 11) is 0. The van der Waals surface area contributed by atoms with Gasteiger partial charge in [-0.15, -0.1) is 0 Å². The van der Waals surface area contributed by atoms with Crippen LogP contribution in [0.2, 0.25) is 0 Å². The van der Waals surface area contributed by atoms with E-state index in [9.17, 15) is 4.79 Å². The fourth-order valence-corrected chi connectivity index (χ4v) is 4.52. The summed E-state index contributed by atoms with van der Waals surface area (Å²) in [6.07, 6.45) is 3.38. The number of carbonyl (C=O) groups excluding carboxylic acids is 1. The van der Waals surface area contributed by atoms with Gasteiger partial charge >= 0.3 is 0 Å². The van der Waals surface area contributed by atoms with Crippen LogP contribution in [0.1, 0.15) is 40.0 Å². The maximum absolute atomic E-state index is 12.1. The Hall–Kier alpha value is -2.24. The lowest BCUT2D eigenvalue weighted by Crippen LogP contribution is -2.35. The molecule has 1 N–H and O–H groups in total. The SMILES string of the molecule is CC12CCC(C/C1=N\NC(=O)COc1ccc3c(c1)OCCO3)C2(C)C. The predicted molar refractivity (Wildman–Crippen MR) is 97.7 cm³/mol. The first-order chi connectivity index (χ1) is 12.4. The zero-order valence-electron chi connectivity index (χ0n) is 15.6. The van der Waals surface area contributed by atoms with Crippen LogP contribution in [0.5, 0.6) is 17.2 Å². The van der Waals surface area contributed by atoms with Crippen molar-refractivity contribution in [3.05, 3.63) is 18.2 Å². The van der Waals surface area contributed by atoms with Crippen molar-refractivity contribution < 1.29 is 19.0 Å². The first-order valence-corrected chi connectivity index (χ1v) is 9.28. The summed E-state index contributed by atoms with van der Waals surface area (Å²) in [5.41, 5.74) is 4.12. The van der Waals surface area contributed by atoms with Gasteiger partial charge in [0.2, 0.25) is 0 Å². The third-order valence-electron chi connectivity index (χ3n) is 6.71. The van der Waals surface area contributed by atoms with Crippen LogP contribution in [0.15, 0.2) is 23.3 Å². The standard InChI is InChI=1S/C20H26N2O4/c1-19(2)13-6-7-20(19,3)17(10-13)21-22-18(23)12-26-14-4-5-15-16(11-14)25-9-8-24-15/h4-5,11,13H,6-10,12H2,1-3H3,(H,22,23)/b21-17+. The molecule has 2 unspecified atom stereocenters. The monoisotopic (exact) mass is 358 g/mol. The first-order valence-electron chi connectivity index (χ1n) is 9.28. The molecule has 1 aromatic carbocycles. The predicted octanol–water partition coefficient (Wildman–Crippen LogP) is 3.16. The highest BCUT2D eigenvalue weighted by atomic mass is 16.6. The van der Waals surface area contributed by atoms with E-state index < -0.39 is 0 Å². The van der Waals surface area contributed by atoms with Crippen molar-refractivity contribution in [2.75, 3.05) is 19.8 Å². The van der Waals surface area contributed by atoms with E-state index in [0.717, 1.165) is 18.6 Å². The normalized spacial score (nSPS) is 29.7. The van der Waals surface area contributed by atoms with Gasteiger partial charge in [-0.1, -0.05) is 20.8 Å². The van der Waals surface area contributed by atoms with Crippen LogP contribution in [0.25, 0.3) is 0 Å². The van der Waals surface area contributed by atoms with Gasteiger partial charge in [0.05, 0.1) is 0 Å². The van der Waals surface area contributed by atoms with Crippen LogP contribution in [0.4, 0.5) is 0 Å². The van der Waals surface area contributed by atoms with Crippen LogP contribution < -0.4 is 19.6 Å². The minimum Gasteiger partial charge on any atom is -0.486 e. The zero-order valence-corrected chi connectivity index (χ0v) is 15.6. The Morgan fingerprint density at radius 2 is 2.04 bits per heavy atom. The molecule has 6 heteroatoms. The third kappa shape index (κ3) is 2.72. The number of nitrogens with zero attached hydrogens (tertiary/aromatic N) is 1. The average Bonchev–Trinajstić information content (AvgIpc) is 2.97. The van der Waals surface area contributed by atoms with Gasteiger partial charge in [-0.3, -0.25) is 4.79 Å². The summed E-state index contributed by atoms with van der Waals surface area (Å²) in [6, 6.07) is 5.31. The number of hydrazone groups is 1. The molecule has 6 nitrogen and oxygen atoms in total. The number of rotatable bonds is 4. The van der Waals surface area contributed by atoms with Crippen LogP contribution >= 0.6 is 0 Å². The lowest BCUT2D eigenvalue weighted by Gasteiger charge is -2.34. The second-order valence-electron chi connectivity index (χ2n) is 8.18. The Labute approximate surface area is 153 Å². The number of carbonyl (C=O) groups is 1. The Morgan fingerprint density at radius 1 is 1.27 bits per heavy atom. The van der Waals surface area contributed by atoms with Crippen LogP contribution in [0.3, 0.4) is 0 Å². The second-order valence-corrected chi connectivity index (χ2v) is 8.18. The van der Waals surface area contributed by atoms with Crippen LogP contribution in [0, 0.1) is 16.7 Å². The summed E-state index contributed by atoms with van der Waals surface area (Å²) >= 11 is 0. The summed E-state index contributed by atoms with van der Waals surface area (Å²) in [6.45, 7) is 7.90. The zero-order chi connectivity index (χ0) is 18.4. The maximum atomic E-state index is 12.1. The number of nitrogens with one attached hydrogen (secondary N) is 1. The van der Waals surface area contributed by atoms with Gasteiger partial charge in [0.15, 0.2) is 18.1 Å². The number of ether oxygens (including phenoxy) is 3. The van der Waals surface area contributed by atoms with Gasteiger partial charge in [0.25, 0.3) is 5.91 Å². The molecule has 2 atom stereocenters. The smallest absolute Gasteiger partial charge is 0.277 e. The van der Waals surface area contributed by atoms with Crippen LogP contribution in [-0.2, 0) is 4.79 Å². The maximum Gasteiger partial charge on any atom is 0.277 e. The molecule has 3 aliphatic rings. The molecule has 2 aliphatic carbocycles. The molecule has 26 heavy (non-hydrogen) atoms. The van der Waals surface area contributed by atoms with Crippen molar-refractivity contribution in [3.63, 3.8) is 0 Å². The lowest BCUT2D eigenvalue weighted by molar-refractivity contribution is -0.123. The molecule has 1 heterocycles. The molecule has 140 valence electrons. The molecule has 2 bridgehead atoms. The number of hydrogen-bond donors (Lipinski definition) is 1. The second kappa shape index (κ2) is 6.18. The van der Waals surface area contributed by atoms with Crippen LogP contribution in [-0.4, -0.2) is 31.4 Å². The number of hydrogen-bond acceptors (Lipinski definition) is 5. The first kappa shape index (κ1) is 17.2. The molecule has 1 amide bonds. The topological polar surface area (TPSA) is 69.2 Å². The van der Waals surface area contributed by atoms with Crippen molar-refractivity contribution in [3.8, 4) is 17.2 Å². The van der Waals surface area contributed by atoms with Crippen molar-refractivity contribution in [2.24, 2.45) is 21.8 Å². The Balaban J connectivity index is 1.34. The molecule has 1 aromatic rings. The molecule has 0 spiro atoms. The van der Waals surface area contributed by atoms with Gasteiger partial charge in [0, 0.05) is 17.2 Å². The molecule has 0 aromatic heterocycles. The van der Waals surface area contributed by atoms with E-state index in [4.69, 9.17) is 14.2 Å². The van der Waals surface area contributed by atoms with E-state index in [-0.39, 0.29) is 23.3 Å². The highest BCUT2D eigenvalue weighted by molar-refractivity contribution is 5.95. The summed E-state index contributed by atoms with van der Waals surface area (Å²) < 4.78 is 16.5. The molecule has 0 saturated heterocycles. The molecule has 4 rings (SSSR count). The number of amides is 1. The quantitative estimate of drug-likeness (QED) is 0.840. The van der Waals surface area contributed by atoms with Crippen molar-refractivity contribution in [1.82, 2.24) is 5.43 Å². The van der Waals surface area contributed by atoms with E-state index >= 15 is 0 Å². The molecular weight excluding hydrogens is 332 g/mol. The number of fused-ring (bicyclic) bond motifs is 3. The summed E-state index contributed by atoms with van der Waals surface area (Å²) in [4.78, 5) is 12.1. The molecule has 2 fully saturated rings. The van der Waals surface area contributed by atoms with E-state index in [2.05, 4.69) is 31.3 Å². The van der Waals surface area contributed by atoms with E-state index in [1.807, 2.05) is 0 Å². The van der Waals surface area contributed by atoms with Gasteiger partial charge in [-0.05, 0) is 42.7 Å². The highest BCUT2D eigenvalue weighted by Gasteiger charge is 2.60. The van der Waals surface area contributed by atoms with Crippen molar-refractivity contribution in [1.29, 1.82) is 0 Å². The fourth-order valence-electron chi connectivity index (χ4n) is 4.52. The van der Waals surface area contributed by atoms with E-state index in [1.54, 1.807) is 18.2 Å². The Morgan fingerprint density at radius 3 is 2.73 bits per heavy atom. The van der Waals surface area contributed by atoms with Crippen molar-refractivity contribution >= 4 is 11.6 Å². The minimum atomic E-state index is -0.253. The third-order valence-corrected chi connectivity index (χ3v) is 6.71. The van der Waals surface area contributed by atoms with Crippen molar-refractivity contribution in [2.45, 2.75) is 40.0 Å². The van der Waals surface area contributed by atoms with Gasteiger partial charge < -0.3 is 14.2 Å². The summed E-state index contributed by atoms with van der Waals surface area (Å²) in [5, 5.41) is 4.45. The summed E-state index contributed by atoms with van der Waals surface area (Å²) in [5.74, 6) is 2.33. The molecular formula is C20H26N2O4. The van der Waals surface area contributed by atoms with Gasteiger partial charge in [0.1, 0.15) is 19.0 Å². The molecule has 0 radical (unpaired) electrons. The molecule has 2 saturated carbocycles. The highest BCUT2D eigenvalue weighted by Crippen LogP contribution is 2.63.